The first-order valence-electron chi connectivity index (χ1n) is 11.2. The molecule has 0 amide bonds. The highest BCUT2D eigenvalue weighted by molar-refractivity contribution is 5.89. The van der Waals surface area contributed by atoms with E-state index in [-0.39, 0.29) is 48.8 Å². The maximum Gasteiger partial charge on any atom is 0.338 e. The first kappa shape index (κ1) is 23.0. The fourth-order valence-electron chi connectivity index (χ4n) is 4.75. The van der Waals surface area contributed by atoms with Gasteiger partial charge in [-0.2, -0.15) is 0 Å². The third-order valence-corrected chi connectivity index (χ3v) is 7.28. The molecule has 0 aliphatic carbocycles. The standard InChI is InChI=1S/C23H31N3O6/c1-12-13(2)19(25-26-24)23(32-20-14(3)15(4)22-29-11-18(20)31-22)30-17(12)10-28-21(27)16-8-6-5-7-9-16/h5-9,12-15,17-20,22-23H,10-11H2,1-4H3/t12?,13-,14+,15-,17?,18?,19?,20?,22?,23?/m0/s1. The molecule has 1 aromatic carbocycles. The van der Waals surface area contributed by atoms with Crippen molar-refractivity contribution in [1.82, 2.24) is 0 Å². The Labute approximate surface area is 187 Å². The lowest BCUT2D eigenvalue weighted by atomic mass is 9.82. The summed E-state index contributed by atoms with van der Waals surface area (Å²) in [5.41, 5.74) is 9.63. The van der Waals surface area contributed by atoms with Gasteiger partial charge in [0, 0.05) is 10.8 Å². The van der Waals surface area contributed by atoms with E-state index in [2.05, 4.69) is 23.9 Å². The molecule has 9 nitrogen and oxygen atoms in total. The van der Waals surface area contributed by atoms with Gasteiger partial charge in [0.15, 0.2) is 12.6 Å². The minimum atomic E-state index is -0.766. The highest BCUT2D eigenvalue weighted by atomic mass is 16.8. The van der Waals surface area contributed by atoms with Crippen molar-refractivity contribution in [3.63, 3.8) is 0 Å². The van der Waals surface area contributed by atoms with Crippen LogP contribution in [0.2, 0.25) is 0 Å². The Morgan fingerprint density at radius 2 is 1.84 bits per heavy atom. The van der Waals surface area contributed by atoms with Crippen LogP contribution in [0.25, 0.3) is 10.4 Å². The number of rotatable bonds is 6. The van der Waals surface area contributed by atoms with Crippen molar-refractivity contribution in [2.75, 3.05) is 13.2 Å². The number of hydrogen-bond donors (Lipinski definition) is 0. The van der Waals surface area contributed by atoms with Gasteiger partial charge in [0.2, 0.25) is 0 Å². The van der Waals surface area contributed by atoms with E-state index in [4.69, 9.17) is 29.2 Å². The molecule has 3 aliphatic rings. The number of benzene rings is 1. The Balaban J connectivity index is 1.47. The lowest BCUT2D eigenvalue weighted by molar-refractivity contribution is -0.286. The predicted octanol–water partition coefficient (Wildman–Crippen LogP) is 3.93. The zero-order valence-corrected chi connectivity index (χ0v) is 18.9. The third-order valence-electron chi connectivity index (χ3n) is 7.28. The molecule has 32 heavy (non-hydrogen) atoms. The molecule has 4 rings (SSSR count). The molecular formula is C23H31N3O6. The molecule has 0 aromatic heterocycles. The van der Waals surface area contributed by atoms with Crippen LogP contribution in [0.15, 0.2) is 35.4 Å². The van der Waals surface area contributed by atoms with E-state index in [0.29, 0.717) is 12.2 Å². The number of esters is 1. The van der Waals surface area contributed by atoms with Crippen LogP contribution in [0.3, 0.4) is 0 Å². The summed E-state index contributed by atoms with van der Waals surface area (Å²) in [4.78, 5) is 15.4. The maximum absolute atomic E-state index is 12.4. The van der Waals surface area contributed by atoms with Gasteiger partial charge in [-0.1, -0.05) is 51.0 Å². The minimum Gasteiger partial charge on any atom is -0.459 e. The first-order chi connectivity index (χ1) is 15.4. The van der Waals surface area contributed by atoms with E-state index in [1.54, 1.807) is 24.3 Å². The molecule has 0 saturated carbocycles. The highest BCUT2D eigenvalue weighted by Gasteiger charge is 2.50. The molecule has 9 heteroatoms. The zero-order chi connectivity index (χ0) is 22.8. The van der Waals surface area contributed by atoms with E-state index in [9.17, 15) is 4.79 Å². The van der Waals surface area contributed by atoms with Crippen LogP contribution in [0.5, 0.6) is 0 Å². The number of carbonyl (C=O) groups is 1. The number of ether oxygens (including phenoxy) is 5. The van der Waals surface area contributed by atoms with Gasteiger partial charge in [-0.25, -0.2) is 4.79 Å². The smallest absolute Gasteiger partial charge is 0.338 e. The topological polar surface area (TPSA) is 112 Å². The van der Waals surface area contributed by atoms with Gasteiger partial charge >= 0.3 is 5.97 Å². The van der Waals surface area contributed by atoms with Crippen LogP contribution in [0.4, 0.5) is 0 Å². The molecule has 0 spiro atoms. The molecule has 10 atom stereocenters. The summed E-state index contributed by atoms with van der Waals surface area (Å²) in [5, 5.41) is 4.00. The lowest BCUT2D eigenvalue weighted by Gasteiger charge is -2.46. The number of hydrogen-bond acceptors (Lipinski definition) is 7. The third kappa shape index (κ3) is 4.49. The monoisotopic (exact) mass is 445 g/mol. The van der Waals surface area contributed by atoms with E-state index < -0.39 is 24.4 Å². The van der Waals surface area contributed by atoms with Gasteiger partial charge in [-0.3, -0.25) is 0 Å². The Kier molecular flexibility index (Phi) is 7.02. The number of azide groups is 1. The van der Waals surface area contributed by atoms with Crippen LogP contribution in [0.1, 0.15) is 38.1 Å². The van der Waals surface area contributed by atoms with Crippen LogP contribution in [-0.2, 0) is 23.7 Å². The van der Waals surface area contributed by atoms with E-state index in [1.165, 1.54) is 0 Å². The summed E-state index contributed by atoms with van der Waals surface area (Å²) in [7, 11) is 0. The molecule has 3 heterocycles. The van der Waals surface area contributed by atoms with Gasteiger partial charge in [-0.05, 0) is 35.4 Å². The fraction of sp³-hybridized carbons (Fsp3) is 0.696. The highest BCUT2D eigenvalue weighted by Crippen LogP contribution is 2.41. The maximum atomic E-state index is 12.4. The normalized spacial score (nSPS) is 41.0. The summed E-state index contributed by atoms with van der Waals surface area (Å²) < 4.78 is 29.9. The minimum absolute atomic E-state index is 0.00734. The second-order valence-electron chi connectivity index (χ2n) is 9.12. The summed E-state index contributed by atoms with van der Waals surface area (Å²) in [6.07, 6.45) is -1.81. The molecule has 0 N–H and O–H groups in total. The van der Waals surface area contributed by atoms with Crippen molar-refractivity contribution in [3.05, 3.63) is 46.3 Å². The van der Waals surface area contributed by atoms with Gasteiger partial charge < -0.3 is 23.7 Å². The molecule has 3 fully saturated rings. The average Bonchev–Trinajstić information content (AvgIpc) is 3.26. The molecule has 1 aromatic rings. The van der Waals surface area contributed by atoms with Crippen molar-refractivity contribution >= 4 is 5.97 Å². The van der Waals surface area contributed by atoms with E-state index in [1.807, 2.05) is 19.9 Å². The Bertz CT molecular complexity index is 847. The van der Waals surface area contributed by atoms with Gasteiger partial charge in [0.25, 0.3) is 0 Å². The molecule has 3 aliphatic heterocycles. The molecule has 2 bridgehead atoms. The fourth-order valence-corrected chi connectivity index (χ4v) is 4.75. The van der Waals surface area contributed by atoms with E-state index >= 15 is 0 Å². The molecular weight excluding hydrogens is 414 g/mol. The summed E-state index contributed by atoms with van der Waals surface area (Å²) in [6, 6.07) is 8.34. The Morgan fingerprint density at radius 3 is 2.56 bits per heavy atom. The average molecular weight is 446 g/mol. The predicted molar refractivity (Wildman–Crippen MR) is 114 cm³/mol. The van der Waals surface area contributed by atoms with Gasteiger partial charge in [-0.15, -0.1) is 0 Å². The van der Waals surface area contributed by atoms with Crippen molar-refractivity contribution in [2.45, 2.75) is 64.6 Å². The van der Waals surface area contributed by atoms with Crippen LogP contribution in [0, 0.1) is 23.7 Å². The molecule has 0 radical (unpaired) electrons. The zero-order valence-electron chi connectivity index (χ0n) is 18.9. The lowest BCUT2D eigenvalue weighted by Crippen LogP contribution is -2.55. The van der Waals surface area contributed by atoms with Crippen LogP contribution in [-0.4, -0.2) is 56.1 Å². The van der Waals surface area contributed by atoms with Gasteiger partial charge in [0.1, 0.15) is 12.7 Å². The van der Waals surface area contributed by atoms with Crippen molar-refractivity contribution in [3.8, 4) is 0 Å². The quantitative estimate of drug-likeness (QED) is 0.284. The summed E-state index contributed by atoms with van der Waals surface area (Å²) >= 11 is 0. The van der Waals surface area contributed by atoms with Crippen LogP contribution < -0.4 is 0 Å². The first-order valence-corrected chi connectivity index (χ1v) is 11.2. The largest absolute Gasteiger partial charge is 0.459 e. The van der Waals surface area contributed by atoms with Crippen molar-refractivity contribution in [1.29, 1.82) is 0 Å². The molecule has 7 unspecified atom stereocenters. The van der Waals surface area contributed by atoms with Crippen molar-refractivity contribution in [2.24, 2.45) is 28.8 Å². The number of fused-ring (bicyclic) bond motifs is 2. The summed E-state index contributed by atoms with van der Waals surface area (Å²) in [6.45, 7) is 8.76. The van der Waals surface area contributed by atoms with Crippen molar-refractivity contribution < 1.29 is 28.5 Å². The second kappa shape index (κ2) is 9.77. The number of nitrogens with zero attached hydrogens (tertiary/aromatic N) is 3. The van der Waals surface area contributed by atoms with Crippen LogP contribution >= 0.6 is 0 Å². The summed E-state index contributed by atoms with van der Waals surface area (Å²) in [5.74, 6) is -0.0947. The second-order valence-corrected chi connectivity index (χ2v) is 9.12. The molecule has 3 saturated heterocycles. The Hall–Kier alpha value is -2.16. The Morgan fingerprint density at radius 1 is 1.09 bits per heavy atom. The van der Waals surface area contributed by atoms with E-state index in [0.717, 1.165) is 0 Å². The SMILES string of the molecule is CC1C(COC(=O)c2ccccc2)OC(OC2C3COC(O3)[C@@H](C)[C@H]2C)C(N=[N+]=[N-])[C@H]1C. The van der Waals surface area contributed by atoms with Gasteiger partial charge in [0.05, 0.1) is 30.4 Å². The molecule has 174 valence electrons. The number of carbonyl (C=O) groups excluding carboxylic acids is 1.